The van der Waals surface area contributed by atoms with E-state index in [9.17, 15) is 19.2 Å². The second kappa shape index (κ2) is 9.41. The van der Waals surface area contributed by atoms with Crippen LogP contribution < -0.4 is 22.1 Å². The number of primary amides is 2. The van der Waals surface area contributed by atoms with Crippen molar-refractivity contribution in [1.82, 2.24) is 0 Å². The highest BCUT2D eigenvalue weighted by Crippen LogP contribution is 2.39. The van der Waals surface area contributed by atoms with Crippen LogP contribution in [-0.4, -0.2) is 23.6 Å². The van der Waals surface area contributed by atoms with Gasteiger partial charge in [0.05, 0.1) is 11.1 Å². The lowest BCUT2D eigenvalue weighted by atomic mass is 9.95. The molecule has 0 aliphatic heterocycles. The number of nitrogens with two attached hydrogens (primary N) is 2. The van der Waals surface area contributed by atoms with Crippen LogP contribution in [0.4, 0.5) is 10.0 Å². The smallest absolute Gasteiger partial charge is 0.251 e. The molecule has 8 nitrogen and oxygen atoms in total. The predicted octanol–water partition coefficient (Wildman–Crippen LogP) is 3.12. The Morgan fingerprint density at radius 1 is 0.656 bits per heavy atom. The molecule has 32 heavy (non-hydrogen) atoms. The van der Waals surface area contributed by atoms with Gasteiger partial charge in [0.15, 0.2) is 0 Å². The maximum absolute atomic E-state index is 12.5. The Labute approximate surface area is 193 Å². The summed E-state index contributed by atoms with van der Waals surface area (Å²) in [4.78, 5) is 51.1. The van der Waals surface area contributed by atoms with Gasteiger partial charge in [-0.25, -0.2) is 0 Å². The normalized spacial score (nSPS) is 14.9. The fourth-order valence-electron chi connectivity index (χ4n) is 4.43. The number of aryl methyl sites for hydroxylation is 2. The second-order valence-corrected chi connectivity index (χ2v) is 10.4. The standard InChI is InChI=1S/C22H26N4O4S2/c23-19(29)17-11-5-1-3-7-13(11)31-21(17)25-15(27)9-10-16(28)26-22-18(20(24)30)12-6-2-4-8-14(12)32-22/h1-10H2,(H2,23,29)(H2,24,30)(H,25,27)(H,26,28). The largest absolute Gasteiger partial charge is 0.365 e. The van der Waals surface area contributed by atoms with Gasteiger partial charge in [-0.2, -0.15) is 0 Å². The van der Waals surface area contributed by atoms with E-state index in [0.29, 0.717) is 21.1 Å². The highest BCUT2D eigenvalue weighted by atomic mass is 32.1. The zero-order valence-corrected chi connectivity index (χ0v) is 19.3. The van der Waals surface area contributed by atoms with E-state index < -0.39 is 11.8 Å². The highest BCUT2D eigenvalue weighted by Gasteiger charge is 2.26. The fraction of sp³-hybridized carbons (Fsp3) is 0.455. The highest BCUT2D eigenvalue weighted by molar-refractivity contribution is 7.17. The molecule has 0 fully saturated rings. The van der Waals surface area contributed by atoms with Crippen LogP contribution in [0, 0.1) is 0 Å². The maximum Gasteiger partial charge on any atom is 0.251 e. The number of fused-ring (bicyclic) bond motifs is 2. The van der Waals surface area contributed by atoms with Crippen molar-refractivity contribution < 1.29 is 19.2 Å². The molecule has 0 spiro atoms. The molecule has 0 atom stereocenters. The summed E-state index contributed by atoms with van der Waals surface area (Å²) in [6, 6.07) is 0. The minimum absolute atomic E-state index is 0.0520. The molecule has 2 aliphatic rings. The molecule has 2 aliphatic carbocycles. The molecule has 6 N–H and O–H groups in total. The second-order valence-electron chi connectivity index (χ2n) is 8.15. The average Bonchev–Trinajstić information content (AvgIpc) is 3.29. The lowest BCUT2D eigenvalue weighted by Crippen LogP contribution is -2.21. The van der Waals surface area contributed by atoms with Crippen molar-refractivity contribution >= 4 is 56.3 Å². The van der Waals surface area contributed by atoms with Crippen molar-refractivity contribution in [1.29, 1.82) is 0 Å². The number of hydrogen-bond donors (Lipinski definition) is 4. The van der Waals surface area contributed by atoms with E-state index in [1.807, 2.05) is 0 Å². The molecule has 0 aromatic carbocycles. The molecule has 0 radical (unpaired) electrons. The van der Waals surface area contributed by atoms with E-state index in [4.69, 9.17) is 11.5 Å². The predicted molar refractivity (Wildman–Crippen MR) is 125 cm³/mol. The fourth-order valence-corrected chi connectivity index (χ4v) is 7.06. The number of hydrogen-bond acceptors (Lipinski definition) is 6. The van der Waals surface area contributed by atoms with E-state index >= 15 is 0 Å². The van der Waals surface area contributed by atoms with E-state index in [1.54, 1.807) is 0 Å². The Bertz CT molecular complexity index is 1020. The first-order chi connectivity index (χ1) is 15.3. The molecule has 170 valence electrons. The molecular formula is C22H26N4O4S2. The van der Waals surface area contributed by atoms with Crippen LogP contribution >= 0.6 is 22.7 Å². The van der Waals surface area contributed by atoms with E-state index in [1.165, 1.54) is 22.7 Å². The third-order valence-electron chi connectivity index (χ3n) is 5.92. The van der Waals surface area contributed by atoms with Crippen LogP contribution in [0.1, 0.15) is 80.1 Å². The van der Waals surface area contributed by atoms with Gasteiger partial charge in [-0.15, -0.1) is 22.7 Å². The van der Waals surface area contributed by atoms with Crippen molar-refractivity contribution in [3.63, 3.8) is 0 Å². The van der Waals surface area contributed by atoms with Gasteiger partial charge in [-0.3, -0.25) is 19.2 Å². The molecule has 4 rings (SSSR count). The quantitative estimate of drug-likeness (QED) is 0.488. The summed E-state index contributed by atoms with van der Waals surface area (Å²) in [7, 11) is 0. The Morgan fingerprint density at radius 3 is 1.41 bits per heavy atom. The van der Waals surface area contributed by atoms with Crippen LogP contribution in [-0.2, 0) is 35.3 Å². The molecule has 10 heteroatoms. The molecular weight excluding hydrogens is 448 g/mol. The first-order valence-electron chi connectivity index (χ1n) is 10.8. The molecule has 0 saturated heterocycles. The summed E-state index contributed by atoms with van der Waals surface area (Å²) >= 11 is 2.79. The first-order valence-corrected chi connectivity index (χ1v) is 12.5. The SMILES string of the molecule is NC(=O)c1c(NC(=O)CCC(=O)Nc2sc3c(c2C(N)=O)CCCC3)sc2c1CCCC2. The van der Waals surface area contributed by atoms with Crippen LogP contribution in [0.25, 0.3) is 0 Å². The summed E-state index contributed by atoms with van der Waals surface area (Å²) in [5.41, 5.74) is 13.8. The Morgan fingerprint density at radius 2 is 1.03 bits per heavy atom. The lowest BCUT2D eigenvalue weighted by molar-refractivity contribution is -0.121. The molecule has 4 amide bonds. The number of carbonyl (C=O) groups excluding carboxylic acids is 4. The third-order valence-corrected chi connectivity index (χ3v) is 8.33. The number of thiophene rings is 2. The van der Waals surface area contributed by atoms with Gasteiger partial charge in [-0.1, -0.05) is 0 Å². The topological polar surface area (TPSA) is 144 Å². The van der Waals surface area contributed by atoms with Gasteiger partial charge in [0.1, 0.15) is 10.0 Å². The third kappa shape index (κ3) is 4.56. The monoisotopic (exact) mass is 474 g/mol. The zero-order chi connectivity index (χ0) is 22.8. The van der Waals surface area contributed by atoms with Crippen molar-refractivity contribution in [2.24, 2.45) is 11.5 Å². The summed E-state index contributed by atoms with van der Waals surface area (Å²) in [6.45, 7) is 0. The minimum atomic E-state index is -0.543. The molecule has 0 unspecified atom stereocenters. The summed E-state index contributed by atoms with van der Waals surface area (Å²) in [5.74, 6) is -1.81. The van der Waals surface area contributed by atoms with Gasteiger partial charge in [0, 0.05) is 22.6 Å². The zero-order valence-electron chi connectivity index (χ0n) is 17.7. The first kappa shape index (κ1) is 22.5. The van der Waals surface area contributed by atoms with Gasteiger partial charge in [0.2, 0.25) is 11.8 Å². The molecule has 2 aromatic rings. The van der Waals surface area contributed by atoms with Crippen molar-refractivity contribution in [2.75, 3.05) is 10.6 Å². The summed E-state index contributed by atoms with van der Waals surface area (Å²) in [6.07, 6.45) is 7.33. The van der Waals surface area contributed by atoms with Crippen molar-refractivity contribution in [3.8, 4) is 0 Å². The van der Waals surface area contributed by atoms with E-state index in [-0.39, 0.29) is 24.7 Å². The molecule has 0 bridgehead atoms. The summed E-state index contributed by atoms with van der Waals surface area (Å²) < 4.78 is 0. The maximum atomic E-state index is 12.5. The number of nitrogens with one attached hydrogen (secondary N) is 2. The van der Waals surface area contributed by atoms with Gasteiger partial charge >= 0.3 is 0 Å². The lowest BCUT2D eigenvalue weighted by Gasteiger charge is -2.11. The number of amides is 4. The van der Waals surface area contributed by atoms with Crippen molar-refractivity contribution in [2.45, 2.75) is 64.2 Å². The van der Waals surface area contributed by atoms with Gasteiger partial charge < -0.3 is 22.1 Å². The number of carbonyl (C=O) groups is 4. The molecule has 2 heterocycles. The minimum Gasteiger partial charge on any atom is -0.365 e. The van der Waals surface area contributed by atoms with Gasteiger partial charge in [-0.05, 0) is 62.5 Å². The Hall–Kier alpha value is -2.72. The van der Waals surface area contributed by atoms with Crippen LogP contribution in [0.15, 0.2) is 0 Å². The average molecular weight is 475 g/mol. The van der Waals surface area contributed by atoms with E-state index in [2.05, 4.69) is 10.6 Å². The van der Waals surface area contributed by atoms with Crippen LogP contribution in [0.5, 0.6) is 0 Å². The molecule has 2 aromatic heterocycles. The molecule has 0 saturated carbocycles. The summed E-state index contributed by atoms with van der Waals surface area (Å²) in [5, 5.41) is 6.47. The Kier molecular flexibility index (Phi) is 6.61. The number of anilines is 2. The van der Waals surface area contributed by atoms with Crippen LogP contribution in [0.3, 0.4) is 0 Å². The van der Waals surface area contributed by atoms with Crippen LogP contribution in [0.2, 0.25) is 0 Å². The van der Waals surface area contributed by atoms with E-state index in [0.717, 1.165) is 72.2 Å². The van der Waals surface area contributed by atoms with Gasteiger partial charge in [0.25, 0.3) is 11.8 Å². The van der Waals surface area contributed by atoms with Crippen molar-refractivity contribution in [3.05, 3.63) is 32.0 Å². The Balaban J connectivity index is 1.39. The number of rotatable bonds is 7.